The van der Waals surface area contributed by atoms with Crippen LogP contribution in [-0.4, -0.2) is 15.7 Å². The number of hydrogen-bond acceptors (Lipinski definition) is 5. The molecule has 8 heteroatoms. The van der Waals surface area contributed by atoms with Crippen LogP contribution in [0.5, 0.6) is 0 Å². The summed E-state index contributed by atoms with van der Waals surface area (Å²) in [5.74, 6) is 1.36. The maximum absolute atomic E-state index is 11.4. The number of nitrogens with zero attached hydrogens (tertiary/aromatic N) is 4. The van der Waals surface area contributed by atoms with Gasteiger partial charge in [0.05, 0.1) is 16.0 Å². The summed E-state index contributed by atoms with van der Waals surface area (Å²) in [6, 6.07) is 19.4. The molecule has 1 aromatic heterocycles. The van der Waals surface area contributed by atoms with E-state index in [-0.39, 0.29) is 28.7 Å². The number of nitro benzene ring substituents is 1. The molecule has 1 unspecified atom stereocenters. The predicted molar refractivity (Wildman–Crippen MR) is 151 cm³/mol. The number of allylic oxidation sites excluding steroid dienone is 1. The molecular weight excluding hydrogens is 552 g/mol. The number of nitro groups is 1. The zero-order chi connectivity index (χ0) is 26.3. The fourth-order valence-electron chi connectivity index (χ4n) is 4.35. The number of halogens is 1. The van der Waals surface area contributed by atoms with E-state index in [0.29, 0.717) is 16.7 Å². The molecule has 2 aromatic carbocycles. The second kappa shape index (κ2) is 13.9. The molecule has 2 fully saturated rings. The molecule has 2 saturated carbocycles. The van der Waals surface area contributed by atoms with Gasteiger partial charge in [-0.1, -0.05) is 41.9 Å². The van der Waals surface area contributed by atoms with Gasteiger partial charge >= 0.3 is 17.1 Å². The molecule has 1 atom stereocenters. The SMILES string of the molecule is O=[N+]([O-])c1cccc(C2C=C(C3[CH][CH][CH][CH]3)N(c3ccccn3)C(c3ccccc3Cl)=N2)c1.[CH]1[CH][CH][CH][CH]1.[Fe+2]. The number of aliphatic imine (C=N–C) groups is 1. The van der Waals surface area contributed by atoms with Crippen molar-refractivity contribution in [2.75, 3.05) is 4.90 Å². The Labute approximate surface area is 245 Å². The fraction of sp³-hybridized carbons (Fsp3) is 0.0645. The molecule has 0 bridgehead atoms. The van der Waals surface area contributed by atoms with E-state index in [1.165, 1.54) is 6.07 Å². The van der Waals surface area contributed by atoms with E-state index in [4.69, 9.17) is 16.6 Å². The van der Waals surface area contributed by atoms with Crippen molar-refractivity contribution in [2.24, 2.45) is 10.9 Å². The summed E-state index contributed by atoms with van der Waals surface area (Å²) in [6.45, 7) is 0. The van der Waals surface area contributed by atoms with Crippen molar-refractivity contribution >= 4 is 28.9 Å². The zero-order valence-electron chi connectivity index (χ0n) is 20.7. The molecule has 0 amide bonds. The zero-order valence-corrected chi connectivity index (χ0v) is 22.6. The van der Waals surface area contributed by atoms with Gasteiger partial charge in [-0.3, -0.25) is 20.0 Å². The Bertz CT molecular complexity index is 1310. The quantitative estimate of drug-likeness (QED) is 0.187. The van der Waals surface area contributed by atoms with Gasteiger partial charge in [0, 0.05) is 35.5 Å². The van der Waals surface area contributed by atoms with Crippen LogP contribution in [0.4, 0.5) is 11.5 Å². The molecular formula is C31H24ClFeN4O2+2. The van der Waals surface area contributed by atoms with Crippen LogP contribution in [0, 0.1) is 73.8 Å². The van der Waals surface area contributed by atoms with E-state index >= 15 is 0 Å². The summed E-state index contributed by atoms with van der Waals surface area (Å²) >= 11 is 6.61. The maximum Gasteiger partial charge on any atom is 2.00 e. The van der Waals surface area contributed by atoms with Crippen LogP contribution in [-0.2, 0) is 17.1 Å². The van der Waals surface area contributed by atoms with Crippen molar-refractivity contribution in [3.05, 3.63) is 169 Å². The minimum absolute atomic E-state index is 0. The smallest absolute Gasteiger partial charge is 0.283 e. The molecule has 0 spiro atoms. The van der Waals surface area contributed by atoms with Crippen molar-refractivity contribution in [1.82, 2.24) is 4.98 Å². The molecule has 0 saturated heterocycles. The summed E-state index contributed by atoms with van der Waals surface area (Å²) in [5.41, 5.74) is 2.49. The number of hydrogen-bond donors (Lipinski definition) is 0. The van der Waals surface area contributed by atoms with Crippen LogP contribution in [0.1, 0.15) is 17.2 Å². The van der Waals surface area contributed by atoms with Crippen molar-refractivity contribution in [2.45, 2.75) is 6.04 Å². The molecule has 3 aliphatic rings. The van der Waals surface area contributed by atoms with Crippen LogP contribution in [0.15, 0.2) is 89.7 Å². The molecule has 2 aliphatic carbocycles. The standard InChI is InChI=1S/C26H19ClN4O2.C5H5.Fe/c27-22-13-4-3-12-21(22)26-29-23(19-10-7-11-20(16-19)31(32)33)17-24(18-8-1-2-9-18)30(26)25-14-5-6-15-28-25;1-2-4-5-3-1;/h1-18,23H;1-5H;/q;;+2. The van der Waals surface area contributed by atoms with E-state index < -0.39 is 11.0 Å². The number of pyridine rings is 1. The van der Waals surface area contributed by atoms with Crippen molar-refractivity contribution < 1.29 is 22.0 Å². The minimum atomic E-state index is -0.423. The van der Waals surface area contributed by atoms with Gasteiger partial charge in [0.1, 0.15) is 11.7 Å². The Kier molecular flexibility index (Phi) is 10.3. The van der Waals surface area contributed by atoms with Crippen molar-refractivity contribution in [1.29, 1.82) is 0 Å². The monoisotopic (exact) mass is 575 g/mol. The number of non-ortho nitro benzene ring substituents is 1. The molecule has 6 nitrogen and oxygen atoms in total. The molecule has 39 heavy (non-hydrogen) atoms. The van der Waals surface area contributed by atoms with E-state index in [9.17, 15) is 10.1 Å². The normalized spacial score (nSPS) is 18.9. The van der Waals surface area contributed by atoms with E-state index in [1.54, 1.807) is 18.3 Å². The molecule has 193 valence electrons. The van der Waals surface area contributed by atoms with E-state index in [0.717, 1.165) is 16.8 Å². The number of benzene rings is 2. The summed E-state index contributed by atoms with van der Waals surface area (Å²) in [5, 5.41) is 11.9. The molecule has 0 N–H and O–H groups in total. The van der Waals surface area contributed by atoms with Crippen LogP contribution in [0.3, 0.4) is 0 Å². The first kappa shape index (κ1) is 29.0. The third-order valence-electron chi connectivity index (χ3n) is 6.12. The Morgan fingerprint density at radius 1 is 0.846 bits per heavy atom. The Morgan fingerprint density at radius 2 is 1.54 bits per heavy atom. The summed E-state index contributed by atoms with van der Waals surface area (Å²) in [7, 11) is 0. The van der Waals surface area contributed by atoms with Gasteiger partial charge in [-0.25, -0.2) is 4.98 Å². The average molecular weight is 576 g/mol. The van der Waals surface area contributed by atoms with E-state index in [1.807, 2.05) is 104 Å². The van der Waals surface area contributed by atoms with Gasteiger partial charge in [-0.05, 0) is 93.7 Å². The van der Waals surface area contributed by atoms with Crippen molar-refractivity contribution in [3.63, 3.8) is 0 Å². The maximum atomic E-state index is 11.4. The summed E-state index contributed by atoms with van der Waals surface area (Å²) in [4.78, 5) is 22.6. The van der Waals surface area contributed by atoms with Crippen LogP contribution >= 0.6 is 11.6 Å². The van der Waals surface area contributed by atoms with Crippen LogP contribution in [0.2, 0.25) is 5.02 Å². The third-order valence-corrected chi connectivity index (χ3v) is 6.45. The van der Waals surface area contributed by atoms with E-state index in [2.05, 4.69) is 17.8 Å². The molecule has 3 aromatic rings. The Morgan fingerprint density at radius 3 is 2.18 bits per heavy atom. The fourth-order valence-corrected chi connectivity index (χ4v) is 4.57. The third kappa shape index (κ3) is 6.96. The Hall–Kier alpha value is -2.99. The predicted octanol–water partition coefficient (Wildman–Crippen LogP) is 7.00. The van der Waals surface area contributed by atoms with Gasteiger partial charge in [-0.2, -0.15) is 0 Å². The topological polar surface area (TPSA) is 71.6 Å². The van der Waals surface area contributed by atoms with Gasteiger partial charge in [-0.15, -0.1) is 0 Å². The number of anilines is 1. The van der Waals surface area contributed by atoms with Gasteiger partial charge < -0.3 is 0 Å². The summed E-state index contributed by atoms with van der Waals surface area (Å²) in [6.07, 6.45) is 22.0. The first-order valence-electron chi connectivity index (χ1n) is 12.1. The minimum Gasteiger partial charge on any atom is -0.283 e. The average Bonchev–Trinajstić information content (AvgIpc) is 3.71. The molecule has 1 aliphatic heterocycles. The first-order valence-corrected chi connectivity index (χ1v) is 12.5. The largest absolute Gasteiger partial charge is 2.00 e. The molecule has 6 rings (SSSR count). The van der Waals surface area contributed by atoms with Gasteiger partial charge in [0.15, 0.2) is 0 Å². The molecule has 2 heterocycles. The Balaban J connectivity index is 0.000000530. The number of rotatable bonds is 5. The van der Waals surface area contributed by atoms with Gasteiger partial charge in [0.2, 0.25) is 0 Å². The number of amidine groups is 1. The van der Waals surface area contributed by atoms with Crippen LogP contribution in [0.25, 0.3) is 0 Å². The summed E-state index contributed by atoms with van der Waals surface area (Å²) < 4.78 is 0. The van der Waals surface area contributed by atoms with Crippen LogP contribution < -0.4 is 4.90 Å². The molecule has 9 radical (unpaired) electrons. The second-order valence-electron chi connectivity index (χ2n) is 8.60. The second-order valence-corrected chi connectivity index (χ2v) is 9.01. The first-order chi connectivity index (χ1) is 18.6. The van der Waals surface area contributed by atoms with Crippen molar-refractivity contribution in [3.8, 4) is 0 Å². The van der Waals surface area contributed by atoms with Gasteiger partial charge in [0.25, 0.3) is 5.69 Å². The number of aromatic nitrogens is 1.